The topological polar surface area (TPSA) is 71.0 Å². The molecule has 0 bridgehead atoms. The van der Waals surface area contributed by atoms with Crippen LogP contribution >= 0.6 is 0 Å². The van der Waals surface area contributed by atoms with Gasteiger partial charge in [-0.2, -0.15) is 0 Å². The van der Waals surface area contributed by atoms with E-state index in [1.165, 1.54) is 29.8 Å². The lowest BCUT2D eigenvalue weighted by Gasteiger charge is -2.18. The molecule has 0 aliphatic carbocycles. The van der Waals surface area contributed by atoms with Crippen LogP contribution in [0.3, 0.4) is 0 Å². The van der Waals surface area contributed by atoms with Crippen LogP contribution in [0.25, 0.3) is 0 Å². The first-order valence-corrected chi connectivity index (χ1v) is 8.54. The Bertz CT molecular complexity index is 915. The van der Waals surface area contributed by atoms with Crippen LogP contribution in [0.4, 0.5) is 16.0 Å². The molecule has 2 heterocycles. The van der Waals surface area contributed by atoms with E-state index in [1.807, 2.05) is 31.0 Å². The second-order valence-corrected chi connectivity index (χ2v) is 6.18. The molecular weight excluding hydrogens is 345 g/mol. The fourth-order valence-electron chi connectivity index (χ4n) is 2.51. The normalized spacial score (nSPS) is 10.5. The summed E-state index contributed by atoms with van der Waals surface area (Å²) in [6, 6.07) is 11.1. The molecule has 1 aromatic carbocycles. The zero-order valence-electron chi connectivity index (χ0n) is 15.2. The van der Waals surface area contributed by atoms with Crippen molar-refractivity contribution in [2.24, 2.45) is 0 Å². The number of hydrogen-bond donors (Lipinski definition) is 1. The summed E-state index contributed by atoms with van der Waals surface area (Å²) in [5.74, 6) is -0.242. The van der Waals surface area contributed by atoms with E-state index in [0.29, 0.717) is 23.9 Å². The first kappa shape index (κ1) is 18.4. The van der Waals surface area contributed by atoms with Crippen molar-refractivity contribution in [3.05, 3.63) is 77.6 Å². The Morgan fingerprint density at radius 1 is 1.11 bits per heavy atom. The van der Waals surface area contributed by atoms with Gasteiger partial charge < -0.3 is 10.2 Å². The van der Waals surface area contributed by atoms with E-state index in [1.54, 1.807) is 18.5 Å². The van der Waals surface area contributed by atoms with E-state index in [-0.39, 0.29) is 17.4 Å². The predicted octanol–water partition coefficient (Wildman–Crippen LogP) is 3.25. The Labute approximate surface area is 157 Å². The van der Waals surface area contributed by atoms with Crippen LogP contribution in [0.1, 0.15) is 21.7 Å². The Hall–Kier alpha value is -3.35. The highest BCUT2D eigenvalue weighted by Gasteiger charge is 2.13. The van der Waals surface area contributed by atoms with E-state index in [2.05, 4.69) is 20.3 Å². The van der Waals surface area contributed by atoms with E-state index < -0.39 is 0 Å². The largest absolute Gasteiger partial charge is 0.344 e. The number of amides is 1. The van der Waals surface area contributed by atoms with Crippen LogP contribution < -0.4 is 10.2 Å². The van der Waals surface area contributed by atoms with Gasteiger partial charge in [0.25, 0.3) is 5.91 Å². The number of aryl methyl sites for hydroxylation is 1. The molecule has 0 atom stereocenters. The zero-order valence-corrected chi connectivity index (χ0v) is 15.2. The van der Waals surface area contributed by atoms with Crippen molar-refractivity contribution < 1.29 is 9.18 Å². The molecule has 6 nitrogen and oxygen atoms in total. The number of rotatable bonds is 6. The summed E-state index contributed by atoms with van der Waals surface area (Å²) in [6.07, 6.45) is 4.33. The van der Waals surface area contributed by atoms with Crippen LogP contribution in [0.5, 0.6) is 0 Å². The summed E-state index contributed by atoms with van der Waals surface area (Å²) in [4.78, 5) is 27.2. The average Bonchev–Trinajstić information content (AvgIpc) is 2.68. The maximum atomic E-state index is 13.0. The van der Waals surface area contributed by atoms with Gasteiger partial charge in [0.15, 0.2) is 0 Å². The number of anilines is 2. The standard InChI is InChI=1S/C20H20FN5O/c1-14-13-18(19(27)24-17-5-3-16(21)4-6-17)25-20(23-14)26(2)12-9-15-7-10-22-11-8-15/h3-8,10-11,13H,9,12H2,1-2H3,(H,24,27). The highest BCUT2D eigenvalue weighted by Crippen LogP contribution is 2.13. The third-order valence-corrected chi connectivity index (χ3v) is 4.00. The molecule has 0 spiro atoms. The lowest BCUT2D eigenvalue weighted by molar-refractivity contribution is 0.102. The number of hydrogen-bond acceptors (Lipinski definition) is 5. The van der Waals surface area contributed by atoms with Gasteiger partial charge in [-0.15, -0.1) is 0 Å². The molecule has 0 radical (unpaired) electrons. The van der Waals surface area contributed by atoms with E-state index >= 15 is 0 Å². The molecule has 1 amide bonds. The summed E-state index contributed by atoms with van der Waals surface area (Å²) < 4.78 is 13.0. The SMILES string of the molecule is Cc1cc(C(=O)Nc2ccc(F)cc2)nc(N(C)CCc2ccncc2)n1. The van der Waals surface area contributed by atoms with Crippen LogP contribution in [-0.4, -0.2) is 34.5 Å². The molecule has 0 fully saturated rings. The highest BCUT2D eigenvalue weighted by molar-refractivity contribution is 6.03. The predicted molar refractivity (Wildman–Crippen MR) is 102 cm³/mol. The monoisotopic (exact) mass is 365 g/mol. The summed E-state index contributed by atoms with van der Waals surface area (Å²) >= 11 is 0. The smallest absolute Gasteiger partial charge is 0.274 e. The molecule has 0 saturated heterocycles. The third-order valence-electron chi connectivity index (χ3n) is 4.00. The molecule has 7 heteroatoms. The van der Waals surface area contributed by atoms with Gasteiger partial charge in [0.1, 0.15) is 11.5 Å². The van der Waals surface area contributed by atoms with Crippen LogP contribution in [0.15, 0.2) is 54.9 Å². The fraction of sp³-hybridized carbons (Fsp3) is 0.200. The van der Waals surface area contributed by atoms with Gasteiger partial charge in [-0.05, 0) is 61.4 Å². The van der Waals surface area contributed by atoms with E-state index in [0.717, 1.165) is 6.42 Å². The third kappa shape index (κ3) is 5.07. The number of aromatic nitrogens is 3. The molecule has 27 heavy (non-hydrogen) atoms. The molecule has 0 saturated carbocycles. The zero-order chi connectivity index (χ0) is 19.2. The highest BCUT2D eigenvalue weighted by atomic mass is 19.1. The first-order valence-electron chi connectivity index (χ1n) is 8.54. The van der Waals surface area contributed by atoms with Crippen molar-refractivity contribution in [2.75, 3.05) is 23.8 Å². The summed E-state index contributed by atoms with van der Waals surface area (Å²) in [6.45, 7) is 2.52. The van der Waals surface area contributed by atoms with Gasteiger partial charge in [-0.25, -0.2) is 14.4 Å². The molecule has 0 aliphatic rings. The quantitative estimate of drug-likeness (QED) is 0.726. The molecule has 0 unspecified atom stereocenters. The van der Waals surface area contributed by atoms with Gasteiger partial charge >= 0.3 is 0 Å². The number of likely N-dealkylation sites (N-methyl/N-ethyl adjacent to an activating group) is 1. The molecule has 138 valence electrons. The number of benzene rings is 1. The minimum atomic E-state index is -0.365. The molecular formula is C20H20FN5O. The Morgan fingerprint density at radius 3 is 2.52 bits per heavy atom. The molecule has 3 aromatic rings. The van der Waals surface area contributed by atoms with Crippen LogP contribution in [0, 0.1) is 12.7 Å². The van der Waals surface area contributed by atoms with Gasteiger partial charge in [-0.3, -0.25) is 9.78 Å². The van der Waals surface area contributed by atoms with Gasteiger partial charge in [0, 0.05) is 37.4 Å². The summed E-state index contributed by atoms with van der Waals surface area (Å²) in [5.41, 5.74) is 2.63. The lowest BCUT2D eigenvalue weighted by atomic mass is 10.2. The van der Waals surface area contributed by atoms with Crippen molar-refractivity contribution in [1.82, 2.24) is 15.0 Å². The van der Waals surface area contributed by atoms with Crippen molar-refractivity contribution in [2.45, 2.75) is 13.3 Å². The average molecular weight is 365 g/mol. The maximum Gasteiger partial charge on any atom is 0.274 e. The number of carbonyl (C=O) groups excluding carboxylic acids is 1. The van der Waals surface area contributed by atoms with Crippen molar-refractivity contribution in [1.29, 1.82) is 0 Å². The number of pyridine rings is 1. The molecule has 1 N–H and O–H groups in total. The summed E-state index contributed by atoms with van der Waals surface area (Å²) in [5, 5.41) is 2.72. The summed E-state index contributed by atoms with van der Waals surface area (Å²) in [7, 11) is 1.89. The Kier molecular flexibility index (Phi) is 5.71. The van der Waals surface area contributed by atoms with Crippen molar-refractivity contribution in [3.63, 3.8) is 0 Å². The number of halogens is 1. The second kappa shape index (κ2) is 8.35. The van der Waals surface area contributed by atoms with Gasteiger partial charge in [0.2, 0.25) is 5.95 Å². The number of carbonyl (C=O) groups is 1. The Balaban J connectivity index is 1.71. The second-order valence-electron chi connectivity index (χ2n) is 6.18. The minimum absolute atomic E-state index is 0.262. The fourth-order valence-corrected chi connectivity index (χ4v) is 2.51. The van der Waals surface area contributed by atoms with E-state index in [9.17, 15) is 9.18 Å². The first-order chi connectivity index (χ1) is 13.0. The van der Waals surface area contributed by atoms with Crippen LogP contribution in [-0.2, 0) is 6.42 Å². The molecule has 3 rings (SSSR count). The minimum Gasteiger partial charge on any atom is -0.344 e. The van der Waals surface area contributed by atoms with E-state index in [4.69, 9.17) is 0 Å². The maximum absolute atomic E-state index is 13.0. The van der Waals surface area contributed by atoms with Crippen LogP contribution in [0.2, 0.25) is 0 Å². The van der Waals surface area contributed by atoms with Crippen molar-refractivity contribution in [3.8, 4) is 0 Å². The number of nitrogens with one attached hydrogen (secondary N) is 1. The Morgan fingerprint density at radius 2 is 1.81 bits per heavy atom. The van der Waals surface area contributed by atoms with Crippen molar-refractivity contribution >= 4 is 17.5 Å². The van der Waals surface area contributed by atoms with Gasteiger partial charge in [0.05, 0.1) is 0 Å². The number of nitrogens with zero attached hydrogens (tertiary/aromatic N) is 4. The lowest BCUT2D eigenvalue weighted by Crippen LogP contribution is -2.24. The molecule has 2 aromatic heterocycles. The molecule has 0 aliphatic heterocycles. The van der Waals surface area contributed by atoms with Gasteiger partial charge in [-0.1, -0.05) is 0 Å².